The maximum absolute atomic E-state index is 12.1. The molecule has 2 heterocycles. The van der Waals surface area contributed by atoms with Crippen molar-refractivity contribution in [1.82, 2.24) is 5.32 Å². The minimum absolute atomic E-state index is 0. The first-order chi connectivity index (χ1) is 8.28. The van der Waals surface area contributed by atoms with Gasteiger partial charge in [-0.1, -0.05) is 30.3 Å². The number of benzene rings is 1. The fraction of sp³-hybridized carbons (Fsp3) is 0.500. The van der Waals surface area contributed by atoms with E-state index in [1.165, 1.54) is 0 Å². The highest BCUT2D eigenvalue weighted by Gasteiger charge is 2.53. The number of esters is 1. The van der Waals surface area contributed by atoms with Crippen molar-refractivity contribution in [1.29, 1.82) is 0 Å². The van der Waals surface area contributed by atoms with E-state index in [4.69, 9.17) is 4.74 Å². The summed E-state index contributed by atoms with van der Waals surface area (Å²) in [4.78, 5) is 12.1. The van der Waals surface area contributed by atoms with Gasteiger partial charge >= 0.3 is 5.97 Å². The van der Waals surface area contributed by atoms with E-state index in [1.807, 2.05) is 30.3 Å². The van der Waals surface area contributed by atoms with E-state index in [2.05, 4.69) is 5.32 Å². The lowest BCUT2D eigenvalue weighted by atomic mass is 9.59. The lowest BCUT2D eigenvalue weighted by Gasteiger charge is -2.50. The molecule has 1 aromatic rings. The van der Waals surface area contributed by atoms with Crippen LogP contribution in [0.15, 0.2) is 30.3 Å². The lowest BCUT2D eigenvalue weighted by molar-refractivity contribution is -0.169. The van der Waals surface area contributed by atoms with Gasteiger partial charge in [-0.3, -0.25) is 4.79 Å². The van der Waals surface area contributed by atoms with Gasteiger partial charge in [0, 0.05) is 6.54 Å². The molecular formula is C14H18ClNO2. The zero-order valence-corrected chi connectivity index (χ0v) is 11.0. The number of carbonyl (C=O) groups excluding carboxylic acids is 1. The zero-order valence-electron chi connectivity index (χ0n) is 10.2. The molecule has 0 radical (unpaired) electrons. The van der Waals surface area contributed by atoms with Crippen LogP contribution in [-0.2, 0) is 16.1 Å². The number of fused-ring (bicyclic) bond motifs is 2. The quantitative estimate of drug-likeness (QED) is 0.853. The van der Waals surface area contributed by atoms with Gasteiger partial charge in [-0.15, -0.1) is 12.4 Å². The summed E-state index contributed by atoms with van der Waals surface area (Å²) >= 11 is 0. The average molecular weight is 268 g/mol. The Balaban J connectivity index is 0.00000120. The summed E-state index contributed by atoms with van der Waals surface area (Å²) in [6.07, 6.45) is 2.02. The van der Waals surface area contributed by atoms with Crippen molar-refractivity contribution >= 4 is 18.4 Å². The second-order valence-electron chi connectivity index (χ2n) is 5.25. The second kappa shape index (κ2) is 5.29. The van der Waals surface area contributed by atoms with Crippen LogP contribution in [0.2, 0.25) is 0 Å². The molecule has 1 N–H and O–H groups in total. The molecule has 98 valence electrons. The Labute approximate surface area is 113 Å². The van der Waals surface area contributed by atoms with Crippen LogP contribution < -0.4 is 5.32 Å². The van der Waals surface area contributed by atoms with E-state index in [-0.39, 0.29) is 23.8 Å². The van der Waals surface area contributed by atoms with E-state index in [1.54, 1.807) is 0 Å². The highest BCUT2D eigenvalue weighted by Crippen LogP contribution is 2.48. The Morgan fingerprint density at radius 2 is 2.06 bits per heavy atom. The molecule has 1 saturated carbocycles. The van der Waals surface area contributed by atoms with Gasteiger partial charge in [-0.2, -0.15) is 0 Å². The second-order valence-corrected chi connectivity index (χ2v) is 5.25. The van der Waals surface area contributed by atoms with E-state index in [9.17, 15) is 4.79 Å². The molecule has 1 aliphatic carbocycles. The van der Waals surface area contributed by atoms with E-state index in [0.717, 1.165) is 31.5 Å². The van der Waals surface area contributed by atoms with Crippen molar-refractivity contribution in [3.63, 3.8) is 0 Å². The van der Waals surface area contributed by atoms with Crippen LogP contribution in [0.3, 0.4) is 0 Å². The van der Waals surface area contributed by atoms with Crippen LogP contribution in [0.5, 0.6) is 0 Å². The number of rotatable bonds is 3. The summed E-state index contributed by atoms with van der Waals surface area (Å²) in [6.45, 7) is 2.25. The van der Waals surface area contributed by atoms with Crippen LogP contribution in [0.25, 0.3) is 0 Å². The number of halogens is 1. The van der Waals surface area contributed by atoms with E-state index >= 15 is 0 Å². The average Bonchev–Trinajstić information content (AvgIpc) is 2.37. The molecule has 0 spiro atoms. The molecule has 0 aromatic heterocycles. The summed E-state index contributed by atoms with van der Waals surface area (Å²) in [5.41, 5.74) is 0.842. The number of nitrogens with one attached hydrogen (secondary N) is 1. The predicted molar refractivity (Wildman–Crippen MR) is 71.5 cm³/mol. The molecule has 0 unspecified atom stereocenters. The monoisotopic (exact) mass is 267 g/mol. The molecule has 0 amide bonds. The van der Waals surface area contributed by atoms with Gasteiger partial charge in [0.2, 0.25) is 0 Å². The minimum Gasteiger partial charge on any atom is -0.460 e. The molecule has 3 aliphatic rings. The van der Waals surface area contributed by atoms with E-state index < -0.39 is 0 Å². The highest BCUT2D eigenvalue weighted by molar-refractivity contribution is 5.85. The van der Waals surface area contributed by atoms with Crippen LogP contribution in [0, 0.1) is 11.3 Å². The Kier molecular flexibility index (Phi) is 3.93. The van der Waals surface area contributed by atoms with Crippen LogP contribution in [0.1, 0.15) is 18.4 Å². The van der Waals surface area contributed by atoms with Gasteiger partial charge in [0.1, 0.15) is 6.61 Å². The fourth-order valence-corrected chi connectivity index (χ4v) is 2.96. The molecule has 0 atom stereocenters. The summed E-state index contributed by atoms with van der Waals surface area (Å²) in [6, 6.07) is 9.85. The summed E-state index contributed by atoms with van der Waals surface area (Å²) in [5.74, 6) is 0.665. The largest absolute Gasteiger partial charge is 0.460 e. The van der Waals surface area contributed by atoms with Gasteiger partial charge in [0.05, 0.1) is 5.41 Å². The van der Waals surface area contributed by atoms with Crippen LogP contribution in [0.4, 0.5) is 0 Å². The number of ether oxygens (including phenoxy) is 1. The normalized spacial score (nSPS) is 28.8. The number of hydrogen-bond acceptors (Lipinski definition) is 3. The maximum Gasteiger partial charge on any atom is 0.313 e. The lowest BCUT2D eigenvalue weighted by Crippen LogP contribution is -2.58. The standard InChI is InChI=1S/C14H17NO2.ClH/c16-13(14-6-12(7-14)8-15-10-14)17-9-11-4-2-1-3-5-11;/h1-5,12,15H,6-10H2;1H. The van der Waals surface area contributed by atoms with Gasteiger partial charge in [0.25, 0.3) is 0 Å². The Morgan fingerprint density at radius 1 is 1.33 bits per heavy atom. The van der Waals surface area contributed by atoms with Gasteiger partial charge in [-0.25, -0.2) is 0 Å². The molecule has 1 aromatic carbocycles. The van der Waals surface area contributed by atoms with Gasteiger partial charge in [0.15, 0.2) is 0 Å². The topological polar surface area (TPSA) is 38.3 Å². The molecular weight excluding hydrogens is 250 g/mol. The van der Waals surface area contributed by atoms with Gasteiger partial charge < -0.3 is 10.1 Å². The third-order valence-corrected chi connectivity index (χ3v) is 3.90. The summed E-state index contributed by atoms with van der Waals surface area (Å²) in [7, 11) is 0. The first kappa shape index (κ1) is 13.4. The predicted octanol–water partition coefficient (Wildman–Crippen LogP) is 2.15. The molecule has 18 heavy (non-hydrogen) atoms. The van der Waals surface area contributed by atoms with Crippen LogP contribution in [-0.4, -0.2) is 19.1 Å². The molecule has 2 bridgehead atoms. The Morgan fingerprint density at radius 3 is 2.67 bits per heavy atom. The van der Waals surface area contributed by atoms with E-state index in [0.29, 0.717) is 12.5 Å². The minimum atomic E-state index is -0.211. The maximum atomic E-state index is 12.1. The van der Waals surface area contributed by atoms with Crippen molar-refractivity contribution in [2.45, 2.75) is 19.4 Å². The molecule has 4 rings (SSSR count). The molecule has 2 aliphatic heterocycles. The third kappa shape index (κ3) is 2.38. The zero-order chi connectivity index (χ0) is 11.7. The summed E-state index contributed by atoms with van der Waals surface area (Å²) in [5, 5.41) is 3.30. The van der Waals surface area contributed by atoms with Crippen molar-refractivity contribution in [2.75, 3.05) is 13.1 Å². The fourth-order valence-electron chi connectivity index (χ4n) is 2.96. The smallest absolute Gasteiger partial charge is 0.313 e. The van der Waals surface area contributed by atoms with Gasteiger partial charge in [-0.05, 0) is 30.9 Å². The summed E-state index contributed by atoms with van der Waals surface area (Å²) < 4.78 is 5.43. The van der Waals surface area contributed by atoms with Crippen molar-refractivity contribution in [3.8, 4) is 0 Å². The number of hydrogen-bond donors (Lipinski definition) is 1. The Hall–Kier alpha value is -1.06. The Bertz CT molecular complexity index is 410. The van der Waals surface area contributed by atoms with Crippen LogP contribution >= 0.6 is 12.4 Å². The van der Waals surface area contributed by atoms with Crippen molar-refractivity contribution in [2.24, 2.45) is 11.3 Å². The molecule has 3 nitrogen and oxygen atoms in total. The number of piperidine rings is 2. The first-order valence-electron chi connectivity index (χ1n) is 6.20. The third-order valence-electron chi connectivity index (χ3n) is 3.90. The molecule has 2 saturated heterocycles. The first-order valence-corrected chi connectivity index (χ1v) is 6.20. The number of carbonyl (C=O) groups is 1. The van der Waals surface area contributed by atoms with Crippen molar-refractivity contribution < 1.29 is 9.53 Å². The highest BCUT2D eigenvalue weighted by atomic mass is 35.5. The van der Waals surface area contributed by atoms with Crippen molar-refractivity contribution in [3.05, 3.63) is 35.9 Å². The molecule has 4 heteroatoms. The SMILES string of the molecule is Cl.O=C(OCc1ccccc1)C12CNCC(C1)C2. The molecule has 3 fully saturated rings.